The highest BCUT2D eigenvalue weighted by Gasteiger charge is 2.27. The molecular formula is C23H25NO5. The van der Waals surface area contributed by atoms with Crippen molar-refractivity contribution in [3.63, 3.8) is 0 Å². The molecule has 1 amide bonds. The van der Waals surface area contributed by atoms with Crippen molar-refractivity contribution in [1.29, 1.82) is 0 Å². The van der Waals surface area contributed by atoms with Crippen LogP contribution in [0, 0.1) is 0 Å². The van der Waals surface area contributed by atoms with Crippen LogP contribution in [-0.4, -0.2) is 36.0 Å². The van der Waals surface area contributed by atoms with Crippen LogP contribution in [0.4, 0.5) is 0 Å². The number of benzene rings is 2. The van der Waals surface area contributed by atoms with Gasteiger partial charge in [-0.1, -0.05) is 31.0 Å². The van der Waals surface area contributed by atoms with Crippen LogP contribution in [0.25, 0.3) is 0 Å². The lowest BCUT2D eigenvalue weighted by Crippen LogP contribution is -2.41. The summed E-state index contributed by atoms with van der Waals surface area (Å²) >= 11 is 0. The van der Waals surface area contributed by atoms with Crippen LogP contribution in [0.1, 0.15) is 48.5 Å². The number of amides is 1. The Labute approximate surface area is 170 Å². The summed E-state index contributed by atoms with van der Waals surface area (Å²) in [6, 6.07) is 13.0. The lowest BCUT2D eigenvalue weighted by molar-refractivity contribution is -0.136. The molecule has 152 valence electrons. The number of rotatable bonds is 7. The lowest BCUT2D eigenvalue weighted by atomic mass is 10.1. The first-order valence-electron chi connectivity index (χ1n) is 10.0. The van der Waals surface area contributed by atoms with E-state index in [1.165, 1.54) is 6.92 Å². The van der Waals surface area contributed by atoms with E-state index < -0.39 is 0 Å². The Morgan fingerprint density at radius 2 is 1.86 bits per heavy atom. The summed E-state index contributed by atoms with van der Waals surface area (Å²) in [6.07, 6.45) is 4.29. The molecule has 1 aliphatic carbocycles. The molecule has 0 N–H and O–H groups in total. The highest BCUT2D eigenvalue weighted by molar-refractivity contribution is 5.94. The molecular weight excluding hydrogens is 370 g/mol. The van der Waals surface area contributed by atoms with E-state index in [-0.39, 0.29) is 31.1 Å². The molecule has 0 spiro atoms. The fourth-order valence-electron chi connectivity index (χ4n) is 3.91. The number of hydrogen-bond donors (Lipinski definition) is 0. The van der Waals surface area contributed by atoms with Crippen LogP contribution >= 0.6 is 0 Å². The molecule has 2 aromatic carbocycles. The van der Waals surface area contributed by atoms with Gasteiger partial charge >= 0.3 is 0 Å². The van der Waals surface area contributed by atoms with Crippen molar-refractivity contribution < 1.29 is 23.8 Å². The summed E-state index contributed by atoms with van der Waals surface area (Å²) in [6.45, 7) is 2.20. The van der Waals surface area contributed by atoms with E-state index >= 15 is 0 Å². The monoisotopic (exact) mass is 395 g/mol. The topological polar surface area (TPSA) is 65.1 Å². The molecule has 0 bridgehead atoms. The van der Waals surface area contributed by atoms with Crippen molar-refractivity contribution in [3.05, 3.63) is 53.6 Å². The Bertz CT molecular complexity index is 904. The van der Waals surface area contributed by atoms with Gasteiger partial charge in [-0.3, -0.25) is 9.59 Å². The maximum atomic E-state index is 13.0. The third-order valence-electron chi connectivity index (χ3n) is 5.48. The fourth-order valence-corrected chi connectivity index (χ4v) is 3.91. The minimum atomic E-state index is -0.0532. The number of nitrogens with zero attached hydrogens (tertiary/aromatic N) is 1. The maximum absolute atomic E-state index is 13.0. The Balaban J connectivity index is 1.45. The first-order chi connectivity index (χ1) is 14.1. The lowest BCUT2D eigenvalue weighted by Gasteiger charge is -2.29. The number of carbonyl (C=O) groups is 2. The van der Waals surface area contributed by atoms with Crippen LogP contribution in [-0.2, 0) is 11.3 Å². The second kappa shape index (κ2) is 8.55. The van der Waals surface area contributed by atoms with E-state index in [0.717, 1.165) is 42.7 Å². The van der Waals surface area contributed by atoms with Crippen molar-refractivity contribution in [2.75, 3.05) is 13.4 Å². The Hall–Kier alpha value is -3.02. The first kappa shape index (κ1) is 19.3. The van der Waals surface area contributed by atoms with E-state index in [2.05, 4.69) is 0 Å². The molecule has 2 aliphatic rings. The molecule has 1 saturated carbocycles. The third kappa shape index (κ3) is 4.53. The molecule has 0 unspecified atom stereocenters. The number of Topliss-reactive ketones (excluding diaryl/α,β-unsaturated/α-hetero) is 1. The van der Waals surface area contributed by atoms with Crippen molar-refractivity contribution in [1.82, 2.24) is 4.90 Å². The smallest absolute Gasteiger partial charge is 0.261 e. The minimum Gasteiger partial charge on any atom is -0.484 e. The van der Waals surface area contributed by atoms with Crippen LogP contribution in [0.3, 0.4) is 0 Å². The first-order valence-corrected chi connectivity index (χ1v) is 10.0. The number of carbonyl (C=O) groups excluding carboxylic acids is 2. The number of fused-ring (bicyclic) bond motifs is 1. The van der Waals surface area contributed by atoms with Gasteiger partial charge in [0.15, 0.2) is 23.9 Å². The van der Waals surface area contributed by atoms with Gasteiger partial charge in [0.25, 0.3) is 5.91 Å². The van der Waals surface area contributed by atoms with E-state index in [9.17, 15) is 9.59 Å². The molecule has 6 heteroatoms. The van der Waals surface area contributed by atoms with Crippen LogP contribution in [0.2, 0.25) is 0 Å². The summed E-state index contributed by atoms with van der Waals surface area (Å²) in [7, 11) is 0. The third-order valence-corrected chi connectivity index (χ3v) is 5.48. The standard InChI is InChI=1S/C23H25NO5/c1-16(25)18-5-4-8-20(12-18)27-14-23(26)24(19-6-2-3-7-19)13-17-9-10-21-22(11-17)29-15-28-21/h4-5,8-12,19H,2-3,6-7,13-15H2,1H3. The minimum absolute atomic E-state index is 0.0304. The SMILES string of the molecule is CC(=O)c1cccc(OCC(=O)N(Cc2ccc3c(c2)OCO3)C2CCCC2)c1. The maximum Gasteiger partial charge on any atom is 0.261 e. The van der Waals surface area contributed by atoms with Gasteiger partial charge in [0.2, 0.25) is 6.79 Å². The van der Waals surface area contributed by atoms with Gasteiger partial charge < -0.3 is 19.1 Å². The Morgan fingerprint density at radius 1 is 1.07 bits per heavy atom. The van der Waals surface area contributed by atoms with Crippen LogP contribution < -0.4 is 14.2 Å². The number of hydrogen-bond acceptors (Lipinski definition) is 5. The molecule has 4 rings (SSSR count). The second-order valence-electron chi connectivity index (χ2n) is 7.52. The van der Waals surface area contributed by atoms with Gasteiger partial charge in [-0.15, -0.1) is 0 Å². The summed E-state index contributed by atoms with van der Waals surface area (Å²) in [5.41, 5.74) is 1.58. The average molecular weight is 395 g/mol. The van der Waals surface area contributed by atoms with Gasteiger partial charge in [0.1, 0.15) is 5.75 Å². The van der Waals surface area contributed by atoms with Gasteiger partial charge in [0.05, 0.1) is 0 Å². The van der Waals surface area contributed by atoms with Gasteiger partial charge in [-0.2, -0.15) is 0 Å². The quantitative estimate of drug-likeness (QED) is 0.664. The summed E-state index contributed by atoms with van der Waals surface area (Å²) in [5.74, 6) is 1.90. The zero-order chi connectivity index (χ0) is 20.2. The highest BCUT2D eigenvalue weighted by atomic mass is 16.7. The zero-order valence-corrected chi connectivity index (χ0v) is 16.6. The summed E-state index contributed by atoms with van der Waals surface area (Å²) in [5, 5.41) is 0. The van der Waals surface area contributed by atoms with Crippen molar-refractivity contribution >= 4 is 11.7 Å². The Morgan fingerprint density at radius 3 is 2.66 bits per heavy atom. The predicted octanol–water partition coefficient (Wildman–Crippen LogP) is 3.97. The highest BCUT2D eigenvalue weighted by Crippen LogP contribution is 2.33. The van der Waals surface area contributed by atoms with Crippen LogP contribution in [0.15, 0.2) is 42.5 Å². The average Bonchev–Trinajstić information content (AvgIpc) is 3.42. The molecule has 1 heterocycles. The molecule has 1 aliphatic heterocycles. The van der Waals surface area contributed by atoms with Crippen molar-refractivity contribution in [2.24, 2.45) is 0 Å². The molecule has 29 heavy (non-hydrogen) atoms. The van der Waals surface area contributed by atoms with Gasteiger partial charge in [-0.25, -0.2) is 0 Å². The van der Waals surface area contributed by atoms with E-state index in [0.29, 0.717) is 17.9 Å². The van der Waals surface area contributed by atoms with E-state index in [1.54, 1.807) is 24.3 Å². The summed E-state index contributed by atoms with van der Waals surface area (Å²) < 4.78 is 16.6. The largest absolute Gasteiger partial charge is 0.484 e. The van der Waals surface area contributed by atoms with E-state index in [4.69, 9.17) is 14.2 Å². The second-order valence-corrected chi connectivity index (χ2v) is 7.52. The van der Waals surface area contributed by atoms with Crippen LogP contribution in [0.5, 0.6) is 17.2 Å². The number of ketones is 1. The molecule has 6 nitrogen and oxygen atoms in total. The molecule has 0 saturated heterocycles. The predicted molar refractivity (Wildman–Crippen MR) is 107 cm³/mol. The zero-order valence-electron chi connectivity index (χ0n) is 16.6. The molecule has 0 atom stereocenters. The molecule has 1 fully saturated rings. The van der Waals surface area contributed by atoms with Crippen molar-refractivity contribution in [3.8, 4) is 17.2 Å². The van der Waals surface area contributed by atoms with Gasteiger partial charge in [0, 0.05) is 18.2 Å². The van der Waals surface area contributed by atoms with Crippen molar-refractivity contribution in [2.45, 2.75) is 45.2 Å². The summed E-state index contributed by atoms with van der Waals surface area (Å²) in [4.78, 5) is 26.5. The molecule has 2 aromatic rings. The molecule has 0 aromatic heterocycles. The van der Waals surface area contributed by atoms with Gasteiger partial charge in [-0.05, 0) is 49.6 Å². The fraction of sp³-hybridized carbons (Fsp3) is 0.391. The Kier molecular flexibility index (Phi) is 5.69. The normalized spacial score (nSPS) is 15.3. The molecule has 0 radical (unpaired) electrons. The van der Waals surface area contributed by atoms with E-state index in [1.807, 2.05) is 23.1 Å². The number of ether oxygens (including phenoxy) is 3.